The first-order chi connectivity index (χ1) is 22.4. The molecule has 0 fully saturated rings. The smallest absolute Gasteiger partial charge is 0.255 e. The van der Waals surface area contributed by atoms with Crippen LogP contribution in [-0.2, 0) is 4.79 Å². The second kappa shape index (κ2) is 13.1. The molecule has 9 heteroatoms. The predicted molar refractivity (Wildman–Crippen MR) is 177 cm³/mol. The molecule has 0 bridgehead atoms. The van der Waals surface area contributed by atoms with Gasteiger partial charge in [-0.3, -0.25) is 19.2 Å². The normalized spacial score (nSPS) is 12.4. The van der Waals surface area contributed by atoms with Crippen LogP contribution in [0, 0.1) is 0 Å². The highest BCUT2D eigenvalue weighted by Crippen LogP contribution is 2.39. The maximum atomic E-state index is 14.0. The van der Waals surface area contributed by atoms with Crippen LogP contribution in [0.1, 0.15) is 53.0 Å². The van der Waals surface area contributed by atoms with E-state index >= 15 is 0 Å². The molecule has 8 nitrogen and oxygen atoms in total. The molecule has 1 aliphatic rings. The van der Waals surface area contributed by atoms with E-state index in [0.717, 1.165) is 10.5 Å². The molecule has 0 spiro atoms. The first kappa shape index (κ1) is 30.4. The molecule has 1 atom stereocenters. The number of fused-ring (bicyclic) bond motifs is 2. The van der Waals surface area contributed by atoms with Crippen molar-refractivity contribution in [3.8, 4) is 11.5 Å². The van der Waals surface area contributed by atoms with E-state index in [9.17, 15) is 19.2 Å². The maximum absolute atomic E-state index is 14.0. The van der Waals surface area contributed by atoms with Gasteiger partial charge in [-0.2, -0.15) is 0 Å². The van der Waals surface area contributed by atoms with Crippen molar-refractivity contribution in [2.45, 2.75) is 10.1 Å². The van der Waals surface area contributed by atoms with Crippen LogP contribution in [0.4, 0.5) is 11.4 Å². The summed E-state index contributed by atoms with van der Waals surface area (Å²) in [6, 6.07) is 32.9. The van der Waals surface area contributed by atoms with Gasteiger partial charge in [-0.1, -0.05) is 72.8 Å². The van der Waals surface area contributed by atoms with Gasteiger partial charge in [-0.05, 0) is 48.0 Å². The third-order valence-electron chi connectivity index (χ3n) is 7.54. The fourth-order valence-electron chi connectivity index (χ4n) is 5.31. The lowest BCUT2D eigenvalue weighted by molar-refractivity contribution is -0.115. The molecule has 2 amide bonds. The highest BCUT2D eigenvalue weighted by molar-refractivity contribution is 8.00. The summed E-state index contributed by atoms with van der Waals surface area (Å²) in [4.78, 5) is 54.5. The number of amides is 2. The Hall–Kier alpha value is -5.67. The lowest BCUT2D eigenvalue weighted by Crippen LogP contribution is -2.25. The molecule has 0 saturated carbocycles. The van der Waals surface area contributed by atoms with Crippen LogP contribution in [0.5, 0.6) is 11.5 Å². The van der Waals surface area contributed by atoms with Crippen molar-refractivity contribution < 1.29 is 28.7 Å². The monoisotopic (exact) mass is 628 g/mol. The molecule has 0 radical (unpaired) electrons. The Morgan fingerprint density at radius 3 is 2.07 bits per heavy atom. The summed E-state index contributed by atoms with van der Waals surface area (Å²) in [6.07, 6.45) is 0. The van der Waals surface area contributed by atoms with E-state index in [1.807, 2.05) is 36.4 Å². The number of thioether (sulfide) groups is 1. The number of benzene rings is 5. The summed E-state index contributed by atoms with van der Waals surface area (Å²) in [7, 11) is 3.03. The van der Waals surface area contributed by atoms with Crippen molar-refractivity contribution in [2.75, 3.05) is 24.9 Å². The Labute approximate surface area is 269 Å². The standard InChI is InChI=1S/C37H28N2O6S/c1-44-30-19-18-23(20-31(30)45-2)36(42)38-24-12-8-13-25(21-24)46-35(22-10-4-3-5-11-22)37(43)39-29-17-9-16-28-32(29)34(41)27-15-7-6-14-26(27)33(28)40/h3-21,35H,1-2H3,(H,38,42)(H,39,43). The SMILES string of the molecule is COc1ccc(C(=O)Nc2cccc(SC(C(=O)Nc3cccc4c3C(=O)c3ccccc3C4=O)c3ccccc3)c2)cc1OC. The number of carbonyl (C=O) groups is 4. The maximum Gasteiger partial charge on any atom is 0.255 e. The Morgan fingerprint density at radius 2 is 1.33 bits per heavy atom. The van der Waals surface area contributed by atoms with E-state index in [1.54, 1.807) is 78.9 Å². The minimum Gasteiger partial charge on any atom is -0.493 e. The summed E-state index contributed by atoms with van der Waals surface area (Å²) in [5.74, 6) is -0.339. The van der Waals surface area contributed by atoms with Crippen LogP contribution >= 0.6 is 11.8 Å². The fraction of sp³-hybridized carbons (Fsp3) is 0.0811. The Morgan fingerprint density at radius 1 is 0.652 bits per heavy atom. The van der Waals surface area contributed by atoms with E-state index in [1.165, 1.54) is 26.0 Å². The second-order valence-electron chi connectivity index (χ2n) is 10.4. The van der Waals surface area contributed by atoms with Gasteiger partial charge < -0.3 is 20.1 Å². The van der Waals surface area contributed by atoms with Gasteiger partial charge in [-0.25, -0.2) is 0 Å². The molecule has 5 aromatic rings. The number of hydrogen-bond donors (Lipinski definition) is 2. The number of methoxy groups -OCH3 is 2. The molecule has 0 saturated heterocycles. The Bertz CT molecular complexity index is 1990. The molecule has 0 aromatic heterocycles. The van der Waals surface area contributed by atoms with Gasteiger partial charge in [0, 0.05) is 32.8 Å². The average molecular weight is 629 g/mol. The largest absolute Gasteiger partial charge is 0.493 e. The molecule has 6 rings (SSSR count). The summed E-state index contributed by atoms with van der Waals surface area (Å²) < 4.78 is 10.6. The first-order valence-corrected chi connectivity index (χ1v) is 15.2. The van der Waals surface area contributed by atoms with Crippen molar-refractivity contribution >= 4 is 46.5 Å². The van der Waals surface area contributed by atoms with Crippen molar-refractivity contribution in [2.24, 2.45) is 0 Å². The van der Waals surface area contributed by atoms with Crippen molar-refractivity contribution in [1.29, 1.82) is 0 Å². The topological polar surface area (TPSA) is 111 Å². The number of ketones is 2. The van der Waals surface area contributed by atoms with Crippen LogP contribution < -0.4 is 20.1 Å². The molecule has 1 unspecified atom stereocenters. The van der Waals surface area contributed by atoms with Gasteiger partial charge in [0.05, 0.1) is 25.5 Å². The number of anilines is 2. The van der Waals surface area contributed by atoms with Gasteiger partial charge in [0.15, 0.2) is 23.1 Å². The molecule has 1 aliphatic carbocycles. The number of carbonyl (C=O) groups excluding carboxylic acids is 4. The number of nitrogens with one attached hydrogen (secondary N) is 2. The lowest BCUT2D eigenvalue weighted by atomic mass is 9.83. The van der Waals surface area contributed by atoms with E-state index in [2.05, 4.69) is 10.6 Å². The molecule has 5 aromatic carbocycles. The van der Waals surface area contributed by atoms with Gasteiger partial charge >= 0.3 is 0 Å². The van der Waals surface area contributed by atoms with Gasteiger partial charge in [0.25, 0.3) is 5.91 Å². The summed E-state index contributed by atoms with van der Waals surface area (Å²) in [5.41, 5.74) is 3.02. The zero-order chi connectivity index (χ0) is 32.2. The van der Waals surface area contributed by atoms with Crippen LogP contribution in [0.2, 0.25) is 0 Å². The minimum absolute atomic E-state index is 0.177. The first-order valence-electron chi connectivity index (χ1n) is 14.3. The summed E-state index contributed by atoms with van der Waals surface area (Å²) in [6.45, 7) is 0. The van der Waals surface area contributed by atoms with E-state index in [0.29, 0.717) is 33.9 Å². The molecule has 0 heterocycles. The van der Waals surface area contributed by atoms with Gasteiger partial charge in [0.1, 0.15) is 5.25 Å². The zero-order valence-electron chi connectivity index (χ0n) is 24.9. The van der Waals surface area contributed by atoms with Gasteiger partial charge in [0.2, 0.25) is 5.91 Å². The van der Waals surface area contributed by atoms with Crippen LogP contribution in [-0.4, -0.2) is 37.6 Å². The Kier molecular flexibility index (Phi) is 8.67. The molecule has 0 aliphatic heterocycles. The molecule has 46 heavy (non-hydrogen) atoms. The van der Waals surface area contributed by atoms with Crippen molar-refractivity contribution in [1.82, 2.24) is 0 Å². The molecular weight excluding hydrogens is 600 g/mol. The highest BCUT2D eigenvalue weighted by Gasteiger charge is 2.32. The number of rotatable bonds is 9. The second-order valence-corrected chi connectivity index (χ2v) is 11.6. The summed E-state index contributed by atoms with van der Waals surface area (Å²) in [5, 5.41) is 5.11. The quantitative estimate of drug-likeness (QED) is 0.163. The van der Waals surface area contributed by atoms with E-state index < -0.39 is 5.25 Å². The van der Waals surface area contributed by atoms with Crippen LogP contribution in [0.25, 0.3) is 0 Å². The van der Waals surface area contributed by atoms with Crippen LogP contribution in [0.3, 0.4) is 0 Å². The molecular formula is C37H28N2O6S. The zero-order valence-corrected chi connectivity index (χ0v) is 25.7. The number of ether oxygens (including phenoxy) is 2. The van der Waals surface area contributed by atoms with Gasteiger partial charge in [-0.15, -0.1) is 11.8 Å². The van der Waals surface area contributed by atoms with E-state index in [-0.39, 0.29) is 40.2 Å². The predicted octanol–water partition coefficient (Wildman–Crippen LogP) is 7.20. The fourth-order valence-corrected chi connectivity index (χ4v) is 6.40. The Balaban J connectivity index is 1.26. The average Bonchev–Trinajstić information content (AvgIpc) is 3.09. The van der Waals surface area contributed by atoms with Crippen molar-refractivity contribution in [3.05, 3.63) is 149 Å². The molecule has 2 N–H and O–H groups in total. The third-order valence-corrected chi connectivity index (χ3v) is 8.79. The third kappa shape index (κ3) is 6.00. The lowest BCUT2D eigenvalue weighted by Gasteiger charge is -2.22. The number of hydrogen-bond acceptors (Lipinski definition) is 7. The van der Waals surface area contributed by atoms with E-state index in [4.69, 9.17) is 9.47 Å². The van der Waals surface area contributed by atoms with Crippen LogP contribution in [0.15, 0.2) is 120 Å². The highest BCUT2D eigenvalue weighted by atomic mass is 32.2. The summed E-state index contributed by atoms with van der Waals surface area (Å²) >= 11 is 1.29. The molecule has 228 valence electrons. The van der Waals surface area contributed by atoms with Crippen molar-refractivity contribution in [3.63, 3.8) is 0 Å². The minimum atomic E-state index is -0.726.